The minimum atomic E-state index is 0.859. The quantitative estimate of drug-likeness (QED) is 0.937. The topological polar surface area (TPSA) is 33.1 Å². The van der Waals surface area contributed by atoms with E-state index < -0.39 is 0 Å². The Morgan fingerprint density at radius 3 is 2.38 bits per heavy atom. The van der Waals surface area contributed by atoms with Crippen molar-refractivity contribution in [2.24, 2.45) is 0 Å². The minimum Gasteiger partial charge on any atom is -0.372 e. The molecule has 21 heavy (non-hydrogen) atoms. The van der Waals surface area contributed by atoms with Crippen LogP contribution in [-0.4, -0.2) is 29.9 Å². The largest absolute Gasteiger partial charge is 0.372 e. The number of benzene rings is 1. The first-order valence-corrected chi connectivity index (χ1v) is 7.83. The number of aromatic nitrogens is 2. The number of rotatable bonds is 4. The van der Waals surface area contributed by atoms with Gasteiger partial charge in [-0.15, -0.1) is 0 Å². The van der Waals surface area contributed by atoms with E-state index in [1.165, 1.54) is 43.6 Å². The first kappa shape index (κ1) is 14.1. The summed E-state index contributed by atoms with van der Waals surface area (Å²) in [6, 6.07) is 8.77. The van der Waals surface area contributed by atoms with Crippen molar-refractivity contribution in [2.45, 2.75) is 32.7 Å². The van der Waals surface area contributed by atoms with Crippen LogP contribution in [0.3, 0.4) is 0 Å². The van der Waals surface area contributed by atoms with E-state index >= 15 is 0 Å². The summed E-state index contributed by atoms with van der Waals surface area (Å²) < 4.78 is 1.97. The van der Waals surface area contributed by atoms with Crippen molar-refractivity contribution >= 4 is 5.69 Å². The van der Waals surface area contributed by atoms with Crippen LogP contribution in [-0.2, 0) is 6.54 Å². The van der Waals surface area contributed by atoms with E-state index in [4.69, 9.17) is 0 Å². The molecular weight excluding hydrogens is 260 g/mol. The third-order valence-corrected chi connectivity index (χ3v) is 4.20. The molecule has 1 fully saturated rings. The predicted molar refractivity (Wildman–Crippen MR) is 87.1 cm³/mol. The Hall–Kier alpha value is -1.81. The van der Waals surface area contributed by atoms with Crippen molar-refractivity contribution in [3.05, 3.63) is 41.7 Å². The van der Waals surface area contributed by atoms with Crippen LogP contribution in [0.1, 0.15) is 30.5 Å². The monoisotopic (exact) mass is 284 g/mol. The van der Waals surface area contributed by atoms with Gasteiger partial charge in [-0.2, -0.15) is 5.10 Å². The standard InChI is InChI=1S/C17H24N4/c1-14-15(12-18-2)13-21(19-14)17-8-6-16(7-9-17)20-10-4-3-5-11-20/h6-9,13,18H,3-5,10-12H2,1-2H3. The van der Waals surface area contributed by atoms with Crippen LogP contribution in [0, 0.1) is 6.92 Å². The maximum atomic E-state index is 4.60. The Labute approximate surface area is 126 Å². The fourth-order valence-electron chi connectivity index (χ4n) is 2.96. The van der Waals surface area contributed by atoms with Crippen molar-refractivity contribution in [1.82, 2.24) is 15.1 Å². The summed E-state index contributed by atoms with van der Waals surface area (Å²) in [5, 5.41) is 7.79. The molecule has 3 rings (SSSR count). The van der Waals surface area contributed by atoms with Crippen LogP contribution in [0.15, 0.2) is 30.5 Å². The van der Waals surface area contributed by atoms with Crippen LogP contribution in [0.25, 0.3) is 5.69 Å². The molecule has 1 aliphatic heterocycles. The molecule has 1 saturated heterocycles. The second kappa shape index (κ2) is 6.31. The molecule has 0 unspecified atom stereocenters. The molecule has 2 heterocycles. The molecule has 0 aliphatic carbocycles. The zero-order valence-electron chi connectivity index (χ0n) is 13.0. The summed E-state index contributed by atoms with van der Waals surface area (Å²) in [5.74, 6) is 0. The average molecular weight is 284 g/mol. The highest BCUT2D eigenvalue weighted by atomic mass is 15.3. The van der Waals surface area contributed by atoms with Crippen molar-refractivity contribution in [3.8, 4) is 5.69 Å². The summed E-state index contributed by atoms with van der Waals surface area (Å²) >= 11 is 0. The van der Waals surface area contributed by atoms with Crippen LogP contribution in [0.4, 0.5) is 5.69 Å². The predicted octanol–water partition coefficient (Wildman–Crippen LogP) is 2.89. The molecule has 0 saturated carbocycles. The zero-order valence-corrected chi connectivity index (χ0v) is 13.0. The highest BCUT2D eigenvalue weighted by Gasteiger charge is 2.11. The first-order chi connectivity index (χ1) is 10.3. The first-order valence-electron chi connectivity index (χ1n) is 7.83. The number of hydrogen-bond donors (Lipinski definition) is 1. The maximum Gasteiger partial charge on any atom is 0.0647 e. The van der Waals surface area contributed by atoms with E-state index in [1.807, 2.05) is 11.7 Å². The third-order valence-electron chi connectivity index (χ3n) is 4.20. The van der Waals surface area contributed by atoms with Gasteiger partial charge in [-0.3, -0.25) is 0 Å². The molecule has 1 N–H and O–H groups in total. The van der Waals surface area contributed by atoms with Gasteiger partial charge in [0.05, 0.1) is 11.4 Å². The van der Waals surface area contributed by atoms with Gasteiger partial charge in [-0.05, 0) is 57.5 Å². The highest BCUT2D eigenvalue weighted by Crippen LogP contribution is 2.21. The molecule has 1 aromatic carbocycles. The van der Waals surface area contributed by atoms with Gasteiger partial charge in [0.2, 0.25) is 0 Å². The van der Waals surface area contributed by atoms with E-state index in [-0.39, 0.29) is 0 Å². The molecule has 4 nitrogen and oxygen atoms in total. The van der Waals surface area contributed by atoms with Gasteiger partial charge in [0.25, 0.3) is 0 Å². The lowest BCUT2D eigenvalue weighted by atomic mass is 10.1. The van der Waals surface area contributed by atoms with Crippen LogP contribution in [0.5, 0.6) is 0 Å². The number of nitrogens with one attached hydrogen (secondary N) is 1. The highest BCUT2D eigenvalue weighted by molar-refractivity contribution is 5.51. The van der Waals surface area contributed by atoms with Crippen LogP contribution < -0.4 is 10.2 Å². The molecular formula is C17H24N4. The Kier molecular flexibility index (Phi) is 4.25. The fraction of sp³-hybridized carbons (Fsp3) is 0.471. The molecule has 2 aromatic rings. The molecule has 1 aliphatic rings. The summed E-state index contributed by atoms with van der Waals surface area (Å²) in [6.45, 7) is 5.29. The molecule has 0 atom stereocenters. The van der Waals surface area contributed by atoms with Gasteiger partial charge < -0.3 is 10.2 Å². The van der Waals surface area contributed by atoms with Gasteiger partial charge in [0, 0.05) is 37.1 Å². The van der Waals surface area contributed by atoms with Crippen molar-refractivity contribution in [1.29, 1.82) is 0 Å². The minimum absolute atomic E-state index is 0.859. The van der Waals surface area contributed by atoms with Crippen LogP contribution >= 0.6 is 0 Å². The number of anilines is 1. The summed E-state index contributed by atoms with van der Waals surface area (Å²) in [6.07, 6.45) is 6.11. The lowest BCUT2D eigenvalue weighted by molar-refractivity contribution is 0.578. The second-order valence-corrected chi connectivity index (χ2v) is 5.78. The summed E-state index contributed by atoms with van der Waals surface area (Å²) in [5.41, 5.74) is 4.79. The van der Waals surface area contributed by atoms with E-state index in [1.54, 1.807) is 0 Å². The van der Waals surface area contributed by atoms with Gasteiger partial charge in [-0.1, -0.05) is 0 Å². The molecule has 112 valence electrons. The van der Waals surface area contributed by atoms with E-state index in [0.29, 0.717) is 0 Å². The van der Waals surface area contributed by atoms with E-state index in [2.05, 4.69) is 52.7 Å². The number of hydrogen-bond acceptors (Lipinski definition) is 3. The lowest BCUT2D eigenvalue weighted by Crippen LogP contribution is -2.29. The fourth-order valence-corrected chi connectivity index (χ4v) is 2.96. The van der Waals surface area contributed by atoms with E-state index in [9.17, 15) is 0 Å². The molecule has 0 bridgehead atoms. The SMILES string of the molecule is CNCc1cn(-c2ccc(N3CCCCC3)cc2)nc1C. The van der Waals surface area contributed by atoms with Crippen molar-refractivity contribution in [2.75, 3.05) is 25.0 Å². The third kappa shape index (κ3) is 3.10. The molecule has 0 spiro atoms. The second-order valence-electron chi connectivity index (χ2n) is 5.78. The van der Waals surface area contributed by atoms with E-state index in [0.717, 1.165) is 17.9 Å². The number of piperidine rings is 1. The number of nitrogens with zero attached hydrogens (tertiary/aromatic N) is 3. The molecule has 0 amide bonds. The van der Waals surface area contributed by atoms with Crippen molar-refractivity contribution in [3.63, 3.8) is 0 Å². The Bertz CT molecular complexity index is 579. The summed E-state index contributed by atoms with van der Waals surface area (Å²) in [4.78, 5) is 2.48. The van der Waals surface area contributed by atoms with Gasteiger partial charge >= 0.3 is 0 Å². The molecule has 1 aromatic heterocycles. The normalized spacial score (nSPS) is 15.4. The smallest absolute Gasteiger partial charge is 0.0647 e. The van der Waals surface area contributed by atoms with Crippen molar-refractivity contribution < 1.29 is 0 Å². The Morgan fingerprint density at radius 2 is 1.71 bits per heavy atom. The maximum absolute atomic E-state index is 4.60. The lowest BCUT2D eigenvalue weighted by Gasteiger charge is -2.28. The Morgan fingerprint density at radius 1 is 1.05 bits per heavy atom. The molecule has 4 heteroatoms. The zero-order chi connectivity index (χ0) is 14.7. The van der Waals surface area contributed by atoms with Gasteiger partial charge in [0.15, 0.2) is 0 Å². The Balaban J connectivity index is 1.78. The average Bonchev–Trinajstić information content (AvgIpc) is 2.90. The molecule has 0 radical (unpaired) electrons. The summed E-state index contributed by atoms with van der Waals surface area (Å²) in [7, 11) is 1.96. The van der Waals surface area contributed by atoms with Gasteiger partial charge in [-0.25, -0.2) is 4.68 Å². The van der Waals surface area contributed by atoms with Crippen LogP contribution in [0.2, 0.25) is 0 Å². The van der Waals surface area contributed by atoms with Gasteiger partial charge in [0.1, 0.15) is 0 Å². The number of aryl methyl sites for hydroxylation is 1.